The topological polar surface area (TPSA) is 56.1 Å². The Balaban J connectivity index is 2.29. The molecule has 0 aliphatic rings. The zero-order valence-electron chi connectivity index (χ0n) is 10.4. The van der Waals surface area contributed by atoms with Gasteiger partial charge < -0.3 is 0 Å². The number of aromatic nitrogens is 1. The smallest absolute Gasteiger partial charge is 0.268 e. The Bertz CT molecular complexity index is 880. The van der Waals surface area contributed by atoms with Crippen molar-refractivity contribution in [3.8, 4) is 0 Å². The number of hydrogen-bond acceptors (Lipinski definition) is 3. The number of rotatable bonds is 3. The van der Waals surface area contributed by atoms with E-state index in [9.17, 15) is 13.2 Å². The molecule has 5 heteroatoms. The predicted molar refractivity (Wildman–Crippen MR) is 76.4 cm³/mol. The first kappa shape index (κ1) is 12.6. The molecule has 0 saturated carbocycles. The zero-order chi connectivity index (χ0) is 14.2. The summed E-state index contributed by atoms with van der Waals surface area (Å²) >= 11 is 0. The minimum Gasteiger partial charge on any atom is -0.298 e. The summed E-state index contributed by atoms with van der Waals surface area (Å²) in [6.07, 6.45) is 2.20. The summed E-state index contributed by atoms with van der Waals surface area (Å²) in [4.78, 5) is 11.2. The van der Waals surface area contributed by atoms with Gasteiger partial charge in [-0.3, -0.25) is 4.79 Å². The molecule has 3 aromatic rings. The minimum atomic E-state index is -3.65. The lowest BCUT2D eigenvalue weighted by Gasteiger charge is -2.07. The Kier molecular flexibility index (Phi) is 2.91. The molecule has 3 rings (SSSR count). The molecule has 4 nitrogen and oxygen atoms in total. The van der Waals surface area contributed by atoms with Crippen LogP contribution in [0.5, 0.6) is 0 Å². The maximum Gasteiger partial charge on any atom is 0.268 e. The van der Waals surface area contributed by atoms with Gasteiger partial charge in [0.2, 0.25) is 0 Å². The lowest BCUT2D eigenvalue weighted by atomic mass is 10.1. The number of carbonyl (C=O) groups excluding carboxylic acids is 1. The highest BCUT2D eigenvalue weighted by Crippen LogP contribution is 2.23. The molecule has 0 aliphatic carbocycles. The molecule has 0 spiro atoms. The van der Waals surface area contributed by atoms with Crippen LogP contribution in [-0.4, -0.2) is 18.7 Å². The fourth-order valence-electron chi connectivity index (χ4n) is 2.19. The lowest BCUT2D eigenvalue weighted by molar-refractivity contribution is 0.112. The number of nitrogens with zero attached hydrogens (tertiary/aromatic N) is 1. The highest BCUT2D eigenvalue weighted by Gasteiger charge is 2.18. The fraction of sp³-hybridized carbons (Fsp3) is 0. The van der Waals surface area contributed by atoms with Gasteiger partial charge in [-0.2, -0.15) is 0 Å². The van der Waals surface area contributed by atoms with Crippen molar-refractivity contribution >= 4 is 27.2 Å². The van der Waals surface area contributed by atoms with Crippen LogP contribution in [0.25, 0.3) is 10.9 Å². The Hall–Kier alpha value is -2.40. The lowest BCUT2D eigenvalue weighted by Crippen LogP contribution is -2.11. The first-order valence-electron chi connectivity index (χ1n) is 6.00. The molecule has 0 unspecified atom stereocenters. The number of benzene rings is 2. The maximum atomic E-state index is 12.6. The van der Waals surface area contributed by atoms with Crippen LogP contribution in [-0.2, 0) is 10.0 Å². The van der Waals surface area contributed by atoms with Gasteiger partial charge in [0.15, 0.2) is 6.29 Å². The molecule has 0 amide bonds. The van der Waals surface area contributed by atoms with E-state index < -0.39 is 10.0 Å². The van der Waals surface area contributed by atoms with Crippen LogP contribution in [0.2, 0.25) is 0 Å². The second-order valence-corrected chi connectivity index (χ2v) is 6.14. The second-order valence-electron chi connectivity index (χ2n) is 4.33. The van der Waals surface area contributed by atoms with E-state index in [1.165, 1.54) is 10.2 Å². The number of fused-ring (bicyclic) bond motifs is 1. The van der Waals surface area contributed by atoms with E-state index in [0.29, 0.717) is 16.5 Å². The van der Waals surface area contributed by atoms with E-state index in [4.69, 9.17) is 0 Å². The van der Waals surface area contributed by atoms with E-state index in [1.807, 2.05) is 0 Å². The minimum absolute atomic E-state index is 0.217. The van der Waals surface area contributed by atoms with Crippen LogP contribution in [0, 0.1) is 0 Å². The van der Waals surface area contributed by atoms with Gasteiger partial charge in [0.05, 0.1) is 10.4 Å². The van der Waals surface area contributed by atoms with Gasteiger partial charge in [0, 0.05) is 17.1 Å². The van der Waals surface area contributed by atoms with Crippen molar-refractivity contribution in [3.63, 3.8) is 0 Å². The summed E-state index contributed by atoms with van der Waals surface area (Å²) < 4.78 is 26.4. The zero-order valence-corrected chi connectivity index (χ0v) is 11.2. The van der Waals surface area contributed by atoms with E-state index >= 15 is 0 Å². The van der Waals surface area contributed by atoms with Gasteiger partial charge in [0.1, 0.15) is 0 Å². The van der Waals surface area contributed by atoms with Crippen LogP contribution in [0.15, 0.2) is 65.7 Å². The van der Waals surface area contributed by atoms with Crippen LogP contribution in [0.3, 0.4) is 0 Å². The third kappa shape index (κ3) is 1.83. The van der Waals surface area contributed by atoms with E-state index in [0.717, 1.165) is 6.29 Å². The van der Waals surface area contributed by atoms with Gasteiger partial charge in [-0.05, 0) is 24.3 Å². The van der Waals surface area contributed by atoms with Crippen LogP contribution >= 0.6 is 0 Å². The van der Waals surface area contributed by atoms with Gasteiger partial charge in [-0.15, -0.1) is 0 Å². The summed E-state index contributed by atoms with van der Waals surface area (Å²) in [5.74, 6) is 0. The third-order valence-corrected chi connectivity index (χ3v) is 4.86. The monoisotopic (exact) mass is 285 g/mol. The van der Waals surface area contributed by atoms with Gasteiger partial charge in [-0.25, -0.2) is 12.4 Å². The van der Waals surface area contributed by atoms with Crippen molar-refractivity contribution in [2.75, 3.05) is 0 Å². The molecule has 2 aromatic carbocycles. The number of carbonyl (C=O) groups is 1. The Labute approximate surface area is 116 Å². The molecular formula is C15H11NO3S. The molecular weight excluding hydrogens is 274 g/mol. The quantitative estimate of drug-likeness (QED) is 0.695. The van der Waals surface area contributed by atoms with Crippen molar-refractivity contribution in [1.29, 1.82) is 0 Å². The Morgan fingerprint density at radius 2 is 1.65 bits per heavy atom. The normalized spacial score (nSPS) is 11.6. The van der Waals surface area contributed by atoms with Crippen molar-refractivity contribution in [2.24, 2.45) is 0 Å². The summed E-state index contributed by atoms with van der Waals surface area (Å²) in [6, 6.07) is 14.9. The van der Waals surface area contributed by atoms with Crippen LogP contribution in [0.1, 0.15) is 10.4 Å². The summed E-state index contributed by atoms with van der Waals surface area (Å²) in [7, 11) is -3.65. The number of hydrogen-bond donors (Lipinski definition) is 0. The van der Waals surface area contributed by atoms with Gasteiger partial charge in [-0.1, -0.05) is 30.3 Å². The van der Waals surface area contributed by atoms with E-state index in [1.54, 1.807) is 54.6 Å². The molecule has 20 heavy (non-hydrogen) atoms. The molecule has 1 aromatic heterocycles. The second kappa shape index (κ2) is 4.61. The molecule has 0 saturated heterocycles. The average Bonchev–Trinajstić information content (AvgIpc) is 2.92. The molecule has 100 valence electrons. The predicted octanol–water partition coefficient (Wildman–Crippen LogP) is 2.69. The molecule has 0 bridgehead atoms. The summed E-state index contributed by atoms with van der Waals surface area (Å²) in [6.45, 7) is 0. The molecule has 0 aliphatic heterocycles. The first-order chi connectivity index (χ1) is 9.64. The van der Waals surface area contributed by atoms with Crippen molar-refractivity contribution in [2.45, 2.75) is 4.90 Å². The number of aldehydes is 1. The molecule has 1 heterocycles. The summed E-state index contributed by atoms with van der Waals surface area (Å²) in [5.41, 5.74) is 0.975. The van der Waals surface area contributed by atoms with Crippen molar-refractivity contribution in [3.05, 3.63) is 66.4 Å². The van der Waals surface area contributed by atoms with Crippen LogP contribution < -0.4 is 0 Å². The molecule has 0 atom stereocenters. The highest BCUT2D eigenvalue weighted by molar-refractivity contribution is 7.90. The highest BCUT2D eigenvalue weighted by atomic mass is 32.2. The fourth-order valence-corrected chi connectivity index (χ4v) is 3.55. The molecule has 0 N–H and O–H groups in total. The van der Waals surface area contributed by atoms with Gasteiger partial charge >= 0.3 is 0 Å². The van der Waals surface area contributed by atoms with Crippen LogP contribution in [0.4, 0.5) is 0 Å². The van der Waals surface area contributed by atoms with E-state index in [2.05, 4.69) is 0 Å². The Morgan fingerprint density at radius 1 is 0.900 bits per heavy atom. The maximum absolute atomic E-state index is 12.6. The summed E-state index contributed by atoms with van der Waals surface area (Å²) in [5, 5.41) is 0.627. The Morgan fingerprint density at radius 3 is 2.35 bits per heavy atom. The van der Waals surface area contributed by atoms with Crippen molar-refractivity contribution < 1.29 is 13.2 Å². The standard InChI is InChI=1S/C15H11NO3S/c17-11-12-5-4-8-15-14(12)9-10-16(15)20(18,19)13-6-2-1-3-7-13/h1-11H. The van der Waals surface area contributed by atoms with E-state index in [-0.39, 0.29) is 4.90 Å². The largest absolute Gasteiger partial charge is 0.298 e. The molecule has 0 fully saturated rings. The van der Waals surface area contributed by atoms with Gasteiger partial charge in [0.25, 0.3) is 10.0 Å². The molecule has 0 radical (unpaired) electrons. The first-order valence-corrected chi connectivity index (χ1v) is 7.44. The third-order valence-electron chi connectivity index (χ3n) is 3.16. The van der Waals surface area contributed by atoms with Crippen molar-refractivity contribution in [1.82, 2.24) is 3.97 Å². The SMILES string of the molecule is O=Cc1cccc2c1ccn2S(=O)(=O)c1ccccc1. The average molecular weight is 285 g/mol.